The van der Waals surface area contributed by atoms with Crippen LogP contribution in [0.3, 0.4) is 0 Å². The van der Waals surface area contributed by atoms with Crippen LogP contribution in [0.5, 0.6) is 0 Å². The number of aromatic nitrogens is 1. The fraction of sp³-hybridized carbons (Fsp3) is 0.500. The smallest absolute Gasteiger partial charge is 0.233 e. The summed E-state index contributed by atoms with van der Waals surface area (Å²) in [5.74, 6) is 1.30. The maximum Gasteiger partial charge on any atom is 0.233 e. The number of nitrogens with one attached hydrogen (secondary N) is 1. The molecule has 0 saturated heterocycles. The van der Waals surface area contributed by atoms with Gasteiger partial charge in [0.2, 0.25) is 5.90 Å². The fourth-order valence-corrected chi connectivity index (χ4v) is 1.34. The lowest BCUT2D eigenvalue weighted by atomic mass is 10.1. The summed E-state index contributed by atoms with van der Waals surface area (Å²) in [6.07, 6.45) is 1.88. The molecule has 3 nitrogen and oxygen atoms in total. The summed E-state index contributed by atoms with van der Waals surface area (Å²) in [5, 5.41) is 0. The average Bonchev–Trinajstić information content (AvgIpc) is 2.75. The summed E-state index contributed by atoms with van der Waals surface area (Å²) in [5.41, 5.74) is 0.975. The monoisotopic (exact) mass is 178 g/mol. The molecule has 0 aliphatic carbocycles. The number of hydrogen-bond acceptors (Lipinski definition) is 2. The number of rotatable bonds is 2. The highest BCUT2D eigenvalue weighted by molar-refractivity contribution is 5.93. The Morgan fingerprint density at radius 2 is 2.46 bits per heavy atom. The van der Waals surface area contributed by atoms with Crippen molar-refractivity contribution in [2.45, 2.75) is 19.9 Å². The Kier molecular flexibility index (Phi) is 2.08. The number of aromatic amines is 1. The average molecular weight is 178 g/mol. The van der Waals surface area contributed by atoms with Gasteiger partial charge in [0.15, 0.2) is 0 Å². The van der Waals surface area contributed by atoms with E-state index in [1.165, 1.54) is 0 Å². The van der Waals surface area contributed by atoms with Crippen molar-refractivity contribution >= 4 is 5.90 Å². The Bertz CT molecular complexity index is 301. The van der Waals surface area contributed by atoms with E-state index >= 15 is 0 Å². The molecule has 1 aliphatic heterocycles. The first-order chi connectivity index (χ1) is 6.27. The summed E-state index contributed by atoms with van der Waals surface area (Å²) >= 11 is 0. The third kappa shape index (κ3) is 1.59. The van der Waals surface area contributed by atoms with Crippen molar-refractivity contribution in [1.29, 1.82) is 0 Å². The van der Waals surface area contributed by atoms with Crippen LogP contribution in [0.2, 0.25) is 0 Å². The topological polar surface area (TPSA) is 37.4 Å². The van der Waals surface area contributed by atoms with Crippen molar-refractivity contribution in [1.82, 2.24) is 4.98 Å². The molecule has 0 aromatic carbocycles. The number of ether oxygens (including phenoxy) is 1. The van der Waals surface area contributed by atoms with E-state index in [4.69, 9.17) is 4.74 Å². The van der Waals surface area contributed by atoms with E-state index in [-0.39, 0.29) is 0 Å². The van der Waals surface area contributed by atoms with Gasteiger partial charge in [0.25, 0.3) is 0 Å². The maximum atomic E-state index is 5.49. The van der Waals surface area contributed by atoms with Gasteiger partial charge in [0, 0.05) is 6.20 Å². The van der Waals surface area contributed by atoms with Crippen LogP contribution in [0, 0.1) is 5.92 Å². The quantitative estimate of drug-likeness (QED) is 0.736. The summed E-state index contributed by atoms with van der Waals surface area (Å²) < 4.78 is 5.49. The molecule has 13 heavy (non-hydrogen) atoms. The Hall–Kier alpha value is -1.25. The highest BCUT2D eigenvalue weighted by atomic mass is 16.5. The van der Waals surface area contributed by atoms with Crippen molar-refractivity contribution < 1.29 is 4.74 Å². The first kappa shape index (κ1) is 8.35. The molecule has 0 bridgehead atoms. The highest BCUT2D eigenvalue weighted by Gasteiger charge is 2.22. The molecule has 1 aromatic heterocycles. The van der Waals surface area contributed by atoms with Crippen LogP contribution in [0.1, 0.15) is 19.5 Å². The third-order valence-corrected chi connectivity index (χ3v) is 2.27. The van der Waals surface area contributed by atoms with Crippen molar-refractivity contribution in [3.63, 3.8) is 0 Å². The van der Waals surface area contributed by atoms with Gasteiger partial charge in [-0.2, -0.15) is 0 Å². The Morgan fingerprint density at radius 1 is 1.62 bits per heavy atom. The molecular weight excluding hydrogens is 164 g/mol. The van der Waals surface area contributed by atoms with Crippen LogP contribution in [0.15, 0.2) is 23.3 Å². The Morgan fingerprint density at radius 3 is 3.00 bits per heavy atom. The van der Waals surface area contributed by atoms with Crippen LogP contribution in [0.4, 0.5) is 0 Å². The van der Waals surface area contributed by atoms with E-state index in [2.05, 4.69) is 23.8 Å². The predicted molar refractivity (Wildman–Crippen MR) is 51.9 cm³/mol. The largest absolute Gasteiger partial charge is 0.474 e. The Labute approximate surface area is 77.8 Å². The molecule has 0 spiro atoms. The zero-order chi connectivity index (χ0) is 9.26. The number of hydrogen-bond donors (Lipinski definition) is 1. The van der Waals surface area contributed by atoms with Crippen molar-refractivity contribution in [2.75, 3.05) is 6.61 Å². The van der Waals surface area contributed by atoms with Gasteiger partial charge in [0.1, 0.15) is 12.3 Å². The van der Waals surface area contributed by atoms with Crippen molar-refractivity contribution in [3.8, 4) is 0 Å². The van der Waals surface area contributed by atoms with E-state index in [0.29, 0.717) is 18.6 Å². The first-order valence-corrected chi connectivity index (χ1v) is 4.61. The minimum Gasteiger partial charge on any atom is -0.474 e. The predicted octanol–water partition coefficient (Wildman–Crippen LogP) is 1.82. The SMILES string of the molecule is CC(C)[C@@H]1COC(c2ccc[nH]2)=N1. The molecule has 0 amide bonds. The van der Waals surface area contributed by atoms with Gasteiger partial charge in [-0.15, -0.1) is 0 Å². The van der Waals surface area contributed by atoms with Gasteiger partial charge in [-0.05, 0) is 18.1 Å². The minimum absolute atomic E-state index is 0.318. The fourth-order valence-electron chi connectivity index (χ4n) is 1.34. The lowest BCUT2D eigenvalue weighted by Gasteiger charge is -2.06. The second-order valence-corrected chi connectivity index (χ2v) is 3.64. The third-order valence-electron chi connectivity index (χ3n) is 2.27. The van der Waals surface area contributed by atoms with Gasteiger partial charge in [-0.25, -0.2) is 4.99 Å². The van der Waals surface area contributed by atoms with Crippen LogP contribution >= 0.6 is 0 Å². The summed E-state index contributed by atoms with van der Waals surface area (Å²) in [6, 6.07) is 4.24. The number of aliphatic imine (C=N–C) groups is 1. The standard InChI is InChI=1S/C10H14N2O/c1-7(2)9-6-13-10(12-9)8-4-3-5-11-8/h3-5,7,9,11H,6H2,1-2H3/t9-/m0/s1. The molecule has 0 saturated carbocycles. The van der Waals surface area contributed by atoms with E-state index in [0.717, 1.165) is 11.6 Å². The highest BCUT2D eigenvalue weighted by Crippen LogP contribution is 2.16. The molecular formula is C10H14N2O. The lowest BCUT2D eigenvalue weighted by Crippen LogP contribution is -2.13. The molecule has 1 atom stereocenters. The summed E-state index contributed by atoms with van der Waals surface area (Å²) in [7, 11) is 0. The maximum absolute atomic E-state index is 5.49. The van der Waals surface area contributed by atoms with Crippen LogP contribution in [-0.2, 0) is 4.74 Å². The van der Waals surface area contributed by atoms with Crippen molar-refractivity contribution in [3.05, 3.63) is 24.0 Å². The first-order valence-electron chi connectivity index (χ1n) is 4.61. The second-order valence-electron chi connectivity index (χ2n) is 3.64. The molecule has 3 heteroatoms. The molecule has 1 aromatic rings. The van der Waals surface area contributed by atoms with Crippen LogP contribution in [0.25, 0.3) is 0 Å². The number of nitrogens with zero attached hydrogens (tertiary/aromatic N) is 1. The minimum atomic E-state index is 0.318. The van der Waals surface area contributed by atoms with Gasteiger partial charge in [-0.1, -0.05) is 13.8 Å². The molecule has 1 N–H and O–H groups in total. The van der Waals surface area contributed by atoms with Gasteiger partial charge in [0.05, 0.1) is 6.04 Å². The van der Waals surface area contributed by atoms with Crippen molar-refractivity contribution in [2.24, 2.45) is 10.9 Å². The summed E-state index contributed by atoms with van der Waals surface area (Å²) in [4.78, 5) is 7.58. The van der Waals surface area contributed by atoms with E-state index in [9.17, 15) is 0 Å². The van der Waals surface area contributed by atoms with E-state index in [1.54, 1.807) is 0 Å². The van der Waals surface area contributed by atoms with Crippen LogP contribution < -0.4 is 0 Å². The molecule has 0 radical (unpaired) electrons. The molecule has 2 heterocycles. The molecule has 70 valence electrons. The zero-order valence-electron chi connectivity index (χ0n) is 7.95. The van der Waals surface area contributed by atoms with Gasteiger partial charge < -0.3 is 9.72 Å². The Balaban J connectivity index is 2.15. The van der Waals surface area contributed by atoms with E-state index in [1.807, 2.05) is 18.3 Å². The molecule has 0 unspecified atom stereocenters. The molecule has 0 fully saturated rings. The lowest BCUT2D eigenvalue weighted by molar-refractivity contribution is 0.291. The van der Waals surface area contributed by atoms with Gasteiger partial charge >= 0.3 is 0 Å². The second kappa shape index (κ2) is 3.24. The van der Waals surface area contributed by atoms with E-state index < -0.39 is 0 Å². The van der Waals surface area contributed by atoms with Crippen LogP contribution in [-0.4, -0.2) is 23.5 Å². The normalized spacial score (nSPS) is 21.8. The summed E-state index contributed by atoms with van der Waals surface area (Å²) in [6.45, 7) is 5.04. The van der Waals surface area contributed by atoms with Gasteiger partial charge in [-0.3, -0.25) is 0 Å². The zero-order valence-corrected chi connectivity index (χ0v) is 7.95. The number of H-pyrrole nitrogens is 1. The molecule has 1 aliphatic rings. The molecule has 2 rings (SSSR count).